The average Bonchev–Trinajstić information content (AvgIpc) is 3.45. The lowest BCUT2D eigenvalue weighted by Gasteiger charge is -2.68. The molecule has 9 unspecified atom stereocenters. The van der Waals surface area contributed by atoms with E-state index >= 15 is 0 Å². The summed E-state index contributed by atoms with van der Waals surface area (Å²) in [7, 11) is 0. The van der Waals surface area contributed by atoms with E-state index in [-0.39, 0.29) is 33.7 Å². The standard InChI is InChI=1S/C43H61N3O4/c1-27(2)30-16-22-43(45-39(50)44-24-26-46-25-8-7-9-36(46)47)23-18-33-31(37(30)43)14-15-35-41(33,5)21-19-34-40(3,4)32(17-20-42(34,35)6)28-10-12-29(13-11-28)38(48)49/h10-13,17,30-31,33-35,37H,1,7-9,14-16,18-26H2,2-6H3,(H,48,49)(H2,44,45,50). The molecule has 6 aliphatic rings. The molecule has 0 aromatic heterocycles. The highest BCUT2D eigenvalue weighted by Crippen LogP contribution is 2.73. The number of hydrogen-bond donors (Lipinski definition) is 3. The Kier molecular flexibility index (Phi) is 9.07. The number of carbonyl (C=O) groups excluding carboxylic acids is 2. The Bertz CT molecular complexity index is 1560. The van der Waals surface area contributed by atoms with Crippen molar-refractivity contribution >= 4 is 23.5 Å². The first-order valence-corrected chi connectivity index (χ1v) is 19.7. The highest BCUT2D eigenvalue weighted by atomic mass is 16.4. The average molecular weight is 684 g/mol. The first-order chi connectivity index (χ1) is 23.7. The minimum Gasteiger partial charge on any atom is -0.478 e. The van der Waals surface area contributed by atoms with Gasteiger partial charge in [-0.15, -0.1) is 0 Å². The topological polar surface area (TPSA) is 98.7 Å². The van der Waals surface area contributed by atoms with Gasteiger partial charge in [0.1, 0.15) is 0 Å². The van der Waals surface area contributed by atoms with Gasteiger partial charge < -0.3 is 20.6 Å². The van der Waals surface area contributed by atoms with Crippen molar-refractivity contribution in [3.8, 4) is 0 Å². The summed E-state index contributed by atoms with van der Waals surface area (Å²) in [5.74, 6) is 2.62. The van der Waals surface area contributed by atoms with Gasteiger partial charge >= 0.3 is 12.0 Å². The van der Waals surface area contributed by atoms with Gasteiger partial charge in [-0.3, -0.25) is 4.79 Å². The molecule has 5 fully saturated rings. The number of benzene rings is 1. The van der Waals surface area contributed by atoms with E-state index in [9.17, 15) is 19.5 Å². The van der Waals surface area contributed by atoms with Crippen molar-refractivity contribution in [2.75, 3.05) is 19.6 Å². The molecule has 1 heterocycles. The number of allylic oxidation sites excluding steroid dienone is 3. The highest BCUT2D eigenvalue weighted by molar-refractivity contribution is 5.88. The number of nitrogens with zero attached hydrogens (tertiary/aromatic N) is 1. The molecule has 7 nitrogen and oxygen atoms in total. The summed E-state index contributed by atoms with van der Waals surface area (Å²) in [5, 5.41) is 16.2. The van der Waals surface area contributed by atoms with Crippen LogP contribution in [0, 0.1) is 51.8 Å². The maximum atomic E-state index is 13.6. The summed E-state index contributed by atoms with van der Waals surface area (Å²) >= 11 is 0. The van der Waals surface area contributed by atoms with Crippen LogP contribution in [-0.4, -0.2) is 53.1 Å². The molecule has 0 bridgehead atoms. The molecule has 7 rings (SSSR count). The van der Waals surface area contributed by atoms with Crippen LogP contribution in [0.25, 0.3) is 5.57 Å². The summed E-state index contributed by atoms with van der Waals surface area (Å²) < 4.78 is 0. The van der Waals surface area contributed by atoms with Crippen LogP contribution in [0.2, 0.25) is 0 Å². The van der Waals surface area contributed by atoms with E-state index in [0.29, 0.717) is 60.6 Å². The van der Waals surface area contributed by atoms with Gasteiger partial charge in [-0.05, 0) is 153 Å². The number of rotatable bonds is 7. The summed E-state index contributed by atoms with van der Waals surface area (Å²) in [6.07, 6.45) is 15.5. The second kappa shape index (κ2) is 12.8. The van der Waals surface area contributed by atoms with Crippen LogP contribution in [0.5, 0.6) is 0 Å². The number of carboxylic acids is 1. The summed E-state index contributed by atoms with van der Waals surface area (Å²) in [5.41, 5.74) is 4.41. The highest BCUT2D eigenvalue weighted by Gasteiger charge is 2.66. The maximum absolute atomic E-state index is 13.6. The van der Waals surface area contributed by atoms with Crippen molar-refractivity contribution in [1.29, 1.82) is 0 Å². The molecule has 1 aliphatic heterocycles. The molecular formula is C43H61N3O4. The number of piperidine rings is 1. The van der Waals surface area contributed by atoms with E-state index in [1.54, 1.807) is 12.1 Å². The lowest BCUT2D eigenvalue weighted by atomic mass is 9.36. The Morgan fingerprint density at radius 1 is 0.940 bits per heavy atom. The van der Waals surface area contributed by atoms with Crippen LogP contribution in [-0.2, 0) is 4.79 Å². The van der Waals surface area contributed by atoms with Crippen molar-refractivity contribution in [2.24, 2.45) is 51.8 Å². The number of urea groups is 1. The van der Waals surface area contributed by atoms with Crippen LogP contribution in [0.1, 0.15) is 128 Å². The Morgan fingerprint density at radius 3 is 2.38 bits per heavy atom. The van der Waals surface area contributed by atoms with Crippen molar-refractivity contribution in [3.05, 3.63) is 53.6 Å². The number of aromatic carboxylic acids is 1. The number of fused-ring (bicyclic) bond motifs is 7. The van der Waals surface area contributed by atoms with Crippen LogP contribution < -0.4 is 10.6 Å². The van der Waals surface area contributed by atoms with E-state index in [1.807, 2.05) is 17.0 Å². The number of carbonyl (C=O) groups is 3. The number of carboxylic acid groups (broad SMARTS) is 1. The normalized spacial score (nSPS) is 38.9. The number of hydrogen-bond acceptors (Lipinski definition) is 3. The quantitative estimate of drug-likeness (QED) is 0.251. The molecule has 5 aliphatic carbocycles. The number of amides is 3. The van der Waals surface area contributed by atoms with Gasteiger partial charge in [0.05, 0.1) is 5.56 Å². The lowest BCUT2D eigenvalue weighted by Crippen LogP contribution is -2.65. The monoisotopic (exact) mass is 683 g/mol. The van der Waals surface area contributed by atoms with Gasteiger partial charge in [0, 0.05) is 31.6 Å². The van der Waals surface area contributed by atoms with E-state index in [2.05, 4.69) is 57.9 Å². The van der Waals surface area contributed by atoms with Gasteiger partial charge in [0.2, 0.25) is 5.91 Å². The molecule has 50 heavy (non-hydrogen) atoms. The van der Waals surface area contributed by atoms with E-state index in [0.717, 1.165) is 50.6 Å². The van der Waals surface area contributed by atoms with Crippen molar-refractivity contribution in [2.45, 2.75) is 117 Å². The van der Waals surface area contributed by atoms with E-state index in [1.165, 1.54) is 43.3 Å². The summed E-state index contributed by atoms with van der Waals surface area (Å²) in [6, 6.07) is 7.45. The van der Waals surface area contributed by atoms with Crippen LogP contribution in [0.15, 0.2) is 42.5 Å². The molecule has 272 valence electrons. The molecule has 1 saturated heterocycles. The Hall–Kier alpha value is -3.09. The largest absolute Gasteiger partial charge is 0.478 e. The molecule has 4 saturated carbocycles. The molecule has 3 amide bonds. The SMILES string of the molecule is C=C(C)C1CCC2(NC(=O)NCCN3CCCCC3=O)CCC3C(CCC4C3(C)CCC3C(C)(C)C(c5ccc(C(=O)O)cc5)=CCC34C)C12. The third-order valence-electron chi connectivity index (χ3n) is 15.7. The molecule has 9 atom stereocenters. The number of nitrogens with one attached hydrogen (secondary N) is 2. The predicted molar refractivity (Wildman–Crippen MR) is 198 cm³/mol. The predicted octanol–water partition coefficient (Wildman–Crippen LogP) is 8.71. The smallest absolute Gasteiger partial charge is 0.335 e. The van der Waals surface area contributed by atoms with Crippen molar-refractivity contribution in [3.63, 3.8) is 0 Å². The fourth-order valence-electron chi connectivity index (χ4n) is 13.6. The second-order valence-electron chi connectivity index (χ2n) is 18.4. The maximum Gasteiger partial charge on any atom is 0.335 e. The summed E-state index contributed by atoms with van der Waals surface area (Å²) in [4.78, 5) is 39.3. The summed E-state index contributed by atoms with van der Waals surface area (Å²) in [6.45, 7) is 18.7. The molecule has 0 radical (unpaired) electrons. The van der Waals surface area contributed by atoms with Gasteiger partial charge in [-0.2, -0.15) is 0 Å². The van der Waals surface area contributed by atoms with E-state index < -0.39 is 5.97 Å². The first kappa shape index (κ1) is 35.3. The van der Waals surface area contributed by atoms with Gasteiger partial charge in [-0.25, -0.2) is 9.59 Å². The van der Waals surface area contributed by atoms with Crippen LogP contribution >= 0.6 is 0 Å². The third-order valence-corrected chi connectivity index (χ3v) is 15.7. The molecule has 1 aromatic rings. The van der Waals surface area contributed by atoms with Gasteiger partial charge in [0.25, 0.3) is 0 Å². The van der Waals surface area contributed by atoms with Crippen molar-refractivity contribution in [1.82, 2.24) is 15.5 Å². The zero-order chi connectivity index (χ0) is 35.6. The molecule has 3 N–H and O–H groups in total. The first-order valence-electron chi connectivity index (χ1n) is 19.7. The minimum atomic E-state index is -0.878. The Morgan fingerprint density at radius 2 is 1.68 bits per heavy atom. The third kappa shape index (κ3) is 5.64. The minimum absolute atomic E-state index is 0.00724. The number of likely N-dealkylation sites (tertiary alicyclic amines) is 1. The molecule has 1 aromatic carbocycles. The zero-order valence-electron chi connectivity index (χ0n) is 31.3. The fourth-order valence-corrected chi connectivity index (χ4v) is 13.6. The molecule has 0 spiro atoms. The zero-order valence-corrected chi connectivity index (χ0v) is 31.3. The lowest BCUT2D eigenvalue weighted by molar-refractivity contribution is -0.174. The Balaban J connectivity index is 1.10. The van der Waals surface area contributed by atoms with Gasteiger partial charge in [0.15, 0.2) is 0 Å². The van der Waals surface area contributed by atoms with Crippen LogP contribution in [0.4, 0.5) is 4.79 Å². The second-order valence-corrected chi connectivity index (χ2v) is 18.4. The van der Waals surface area contributed by atoms with E-state index in [4.69, 9.17) is 0 Å². The van der Waals surface area contributed by atoms with Crippen LogP contribution in [0.3, 0.4) is 0 Å². The molecular weight excluding hydrogens is 622 g/mol. The molecule has 7 heteroatoms. The van der Waals surface area contributed by atoms with Crippen molar-refractivity contribution < 1.29 is 19.5 Å². The Labute approximate surface area is 300 Å². The van der Waals surface area contributed by atoms with Gasteiger partial charge in [-0.1, -0.05) is 58.1 Å². The fraction of sp³-hybridized carbons (Fsp3) is 0.698.